The zero-order valence-electron chi connectivity index (χ0n) is 17.7. The van der Waals surface area contributed by atoms with Gasteiger partial charge in [-0.15, -0.1) is 0 Å². The van der Waals surface area contributed by atoms with Crippen molar-refractivity contribution in [2.75, 3.05) is 26.2 Å². The minimum Gasteiger partial charge on any atom is -0.486 e. The van der Waals surface area contributed by atoms with Gasteiger partial charge in [-0.2, -0.15) is 0 Å². The highest BCUT2D eigenvalue weighted by atomic mass is 35.5. The van der Waals surface area contributed by atoms with Crippen LogP contribution < -0.4 is 4.74 Å². The Morgan fingerprint density at radius 2 is 1.45 bits per heavy atom. The fourth-order valence-corrected chi connectivity index (χ4v) is 4.94. The average molecular weight is 524 g/mol. The molecular formula is C25H22Cl4N2O2. The maximum absolute atomic E-state index is 13.1. The molecule has 0 N–H and O–H groups in total. The summed E-state index contributed by atoms with van der Waals surface area (Å²) in [6.45, 7) is 4.04. The van der Waals surface area contributed by atoms with Crippen LogP contribution in [0.4, 0.5) is 0 Å². The van der Waals surface area contributed by atoms with E-state index >= 15 is 0 Å². The molecule has 0 aromatic heterocycles. The second kappa shape index (κ2) is 11.0. The highest BCUT2D eigenvalue weighted by molar-refractivity contribution is 6.40. The van der Waals surface area contributed by atoms with Crippen LogP contribution in [0.1, 0.15) is 21.5 Å². The van der Waals surface area contributed by atoms with Crippen molar-refractivity contribution >= 4 is 52.3 Å². The number of ether oxygens (including phenoxy) is 1. The molecule has 0 spiro atoms. The van der Waals surface area contributed by atoms with Gasteiger partial charge in [0, 0.05) is 48.3 Å². The Balaban J connectivity index is 1.34. The molecule has 1 aliphatic heterocycles. The zero-order chi connectivity index (χ0) is 23.4. The van der Waals surface area contributed by atoms with E-state index in [-0.39, 0.29) is 12.5 Å². The Morgan fingerprint density at radius 1 is 0.788 bits per heavy atom. The van der Waals surface area contributed by atoms with Gasteiger partial charge in [0.25, 0.3) is 5.91 Å². The van der Waals surface area contributed by atoms with Gasteiger partial charge < -0.3 is 9.64 Å². The smallest absolute Gasteiger partial charge is 0.253 e. The van der Waals surface area contributed by atoms with Gasteiger partial charge >= 0.3 is 0 Å². The molecule has 1 fully saturated rings. The number of carbonyl (C=O) groups is 1. The predicted octanol–water partition coefficient (Wildman–Crippen LogP) is 6.84. The summed E-state index contributed by atoms with van der Waals surface area (Å²) in [7, 11) is 0. The normalized spacial score (nSPS) is 14.4. The first-order valence-electron chi connectivity index (χ1n) is 10.5. The largest absolute Gasteiger partial charge is 0.486 e. The molecule has 3 aromatic carbocycles. The highest BCUT2D eigenvalue weighted by Crippen LogP contribution is 2.36. The van der Waals surface area contributed by atoms with Gasteiger partial charge in [0.15, 0.2) is 5.75 Å². The molecule has 0 aliphatic carbocycles. The number of nitrogens with zero attached hydrogens (tertiary/aromatic N) is 2. The first kappa shape index (κ1) is 24.2. The van der Waals surface area contributed by atoms with Crippen LogP contribution in [0.25, 0.3) is 0 Å². The van der Waals surface area contributed by atoms with Crippen LogP contribution in [0.15, 0.2) is 60.7 Å². The van der Waals surface area contributed by atoms with E-state index in [4.69, 9.17) is 51.1 Å². The fraction of sp³-hybridized carbons (Fsp3) is 0.240. The molecule has 0 unspecified atom stereocenters. The molecule has 1 saturated heterocycles. The number of piperazine rings is 1. The summed E-state index contributed by atoms with van der Waals surface area (Å²) in [5.74, 6) is 0.386. The van der Waals surface area contributed by atoms with Gasteiger partial charge in [0.1, 0.15) is 6.61 Å². The molecule has 8 heteroatoms. The lowest BCUT2D eigenvalue weighted by molar-refractivity contribution is 0.0628. The number of halogens is 4. The molecule has 1 amide bonds. The summed E-state index contributed by atoms with van der Waals surface area (Å²) >= 11 is 24.4. The molecule has 4 rings (SSSR count). The minimum absolute atomic E-state index is 0.0156. The molecule has 0 bridgehead atoms. The summed E-state index contributed by atoms with van der Waals surface area (Å²) in [5.41, 5.74) is 2.66. The van der Waals surface area contributed by atoms with Crippen molar-refractivity contribution in [2.45, 2.75) is 13.2 Å². The molecule has 33 heavy (non-hydrogen) atoms. The summed E-state index contributed by atoms with van der Waals surface area (Å²) in [6.07, 6.45) is 0. The number of carbonyl (C=O) groups excluding carboxylic acids is 1. The second-order valence-corrected chi connectivity index (χ2v) is 9.57. The van der Waals surface area contributed by atoms with E-state index in [0.29, 0.717) is 39.5 Å². The fourth-order valence-electron chi connectivity index (χ4n) is 3.80. The van der Waals surface area contributed by atoms with Crippen molar-refractivity contribution < 1.29 is 9.53 Å². The number of amides is 1. The molecule has 0 radical (unpaired) electrons. The first-order valence-corrected chi connectivity index (χ1v) is 12.0. The number of benzene rings is 3. The van der Waals surface area contributed by atoms with Crippen LogP contribution in [0.5, 0.6) is 5.75 Å². The van der Waals surface area contributed by atoms with Crippen molar-refractivity contribution in [3.63, 3.8) is 0 Å². The van der Waals surface area contributed by atoms with Crippen molar-refractivity contribution in [1.29, 1.82) is 0 Å². The van der Waals surface area contributed by atoms with Gasteiger partial charge in [0.05, 0.1) is 10.0 Å². The first-order chi connectivity index (χ1) is 15.9. The molecule has 4 nitrogen and oxygen atoms in total. The Kier molecular flexibility index (Phi) is 8.05. The Hall–Kier alpha value is -1.95. The molecule has 0 atom stereocenters. The van der Waals surface area contributed by atoms with Crippen LogP contribution in [0.2, 0.25) is 20.1 Å². The number of rotatable bonds is 6. The summed E-state index contributed by atoms with van der Waals surface area (Å²) in [6, 6.07) is 18.5. The van der Waals surface area contributed by atoms with Gasteiger partial charge in [-0.1, -0.05) is 70.7 Å². The van der Waals surface area contributed by atoms with Gasteiger partial charge in [-0.05, 0) is 47.5 Å². The topological polar surface area (TPSA) is 32.8 Å². The SMILES string of the molecule is O=C(c1cccc(COc2c(Cl)cc(Cl)cc2Cl)c1)N1CCN(Cc2cccc(Cl)c2)CC1. The Bertz CT molecular complexity index is 1120. The van der Waals surface area contributed by atoms with Gasteiger partial charge in [0.2, 0.25) is 0 Å². The quantitative estimate of drug-likeness (QED) is 0.354. The van der Waals surface area contributed by atoms with Crippen LogP contribution >= 0.6 is 46.4 Å². The van der Waals surface area contributed by atoms with Crippen molar-refractivity contribution in [3.8, 4) is 5.75 Å². The van der Waals surface area contributed by atoms with Crippen molar-refractivity contribution in [1.82, 2.24) is 9.80 Å². The molecule has 1 heterocycles. The van der Waals surface area contributed by atoms with E-state index in [1.165, 1.54) is 5.56 Å². The third-order valence-electron chi connectivity index (χ3n) is 5.47. The third-order valence-corrected chi connectivity index (χ3v) is 6.49. The van der Waals surface area contributed by atoms with Crippen LogP contribution in [0.3, 0.4) is 0 Å². The molecular weight excluding hydrogens is 502 g/mol. The molecule has 0 saturated carbocycles. The van der Waals surface area contributed by atoms with E-state index in [9.17, 15) is 4.79 Å². The van der Waals surface area contributed by atoms with E-state index in [1.807, 2.05) is 47.4 Å². The van der Waals surface area contributed by atoms with E-state index < -0.39 is 0 Å². The lowest BCUT2D eigenvalue weighted by Gasteiger charge is -2.35. The standard InChI is InChI=1S/C25H22Cl4N2O2/c26-20-6-2-3-17(12-20)15-30-7-9-31(10-8-30)25(32)19-5-1-4-18(11-19)16-33-24-22(28)13-21(27)14-23(24)29/h1-6,11-14H,7-10,15-16H2. The Morgan fingerprint density at radius 3 is 2.15 bits per heavy atom. The Labute approximate surface area is 213 Å². The van der Waals surface area contributed by atoms with E-state index in [1.54, 1.807) is 12.1 Å². The molecule has 3 aromatic rings. The maximum Gasteiger partial charge on any atom is 0.253 e. The highest BCUT2D eigenvalue weighted by Gasteiger charge is 2.22. The van der Waals surface area contributed by atoms with Crippen molar-refractivity contribution in [2.24, 2.45) is 0 Å². The van der Waals surface area contributed by atoms with Crippen LogP contribution in [0, 0.1) is 0 Å². The van der Waals surface area contributed by atoms with E-state index in [2.05, 4.69) is 11.0 Å². The summed E-state index contributed by atoms with van der Waals surface area (Å²) in [5, 5.41) is 1.87. The summed E-state index contributed by atoms with van der Waals surface area (Å²) in [4.78, 5) is 17.3. The zero-order valence-corrected chi connectivity index (χ0v) is 20.8. The lowest BCUT2D eigenvalue weighted by atomic mass is 10.1. The predicted molar refractivity (Wildman–Crippen MR) is 135 cm³/mol. The molecule has 1 aliphatic rings. The monoisotopic (exact) mass is 522 g/mol. The number of hydrogen-bond donors (Lipinski definition) is 0. The number of hydrogen-bond acceptors (Lipinski definition) is 3. The third kappa shape index (κ3) is 6.34. The summed E-state index contributed by atoms with van der Waals surface area (Å²) < 4.78 is 5.80. The van der Waals surface area contributed by atoms with Crippen molar-refractivity contribution in [3.05, 3.63) is 97.4 Å². The molecule has 172 valence electrons. The second-order valence-electron chi connectivity index (χ2n) is 7.89. The lowest BCUT2D eigenvalue weighted by Crippen LogP contribution is -2.48. The average Bonchev–Trinajstić information content (AvgIpc) is 2.79. The minimum atomic E-state index is 0.0156. The maximum atomic E-state index is 13.1. The van der Waals surface area contributed by atoms with E-state index in [0.717, 1.165) is 30.2 Å². The van der Waals surface area contributed by atoms with Crippen LogP contribution in [-0.4, -0.2) is 41.9 Å². The van der Waals surface area contributed by atoms with Gasteiger partial charge in [-0.25, -0.2) is 0 Å². The van der Waals surface area contributed by atoms with Crippen LogP contribution in [-0.2, 0) is 13.2 Å². The van der Waals surface area contributed by atoms with Gasteiger partial charge in [-0.3, -0.25) is 9.69 Å².